The van der Waals surface area contributed by atoms with Gasteiger partial charge in [0, 0.05) is 16.5 Å². The lowest BCUT2D eigenvalue weighted by Gasteiger charge is -2.20. The van der Waals surface area contributed by atoms with E-state index in [1.807, 2.05) is 61.5 Å². The van der Waals surface area contributed by atoms with Crippen molar-refractivity contribution in [1.82, 2.24) is 15.0 Å². The van der Waals surface area contributed by atoms with E-state index in [1.165, 1.54) is 0 Å². The molecule has 1 atom stereocenters. The standard InChI is InChI=1S/C22H19N7O/c1-12(26-21-15(11-23)20(24)28-22(25)29-21)17-18(13-7-3-2-4-8-13)27-16-10-6-5-9-14(16)19(17)30/h2-10,12H,1H3,(H,27,30)(H5,24,25,26,28,29). The van der Waals surface area contributed by atoms with Crippen LogP contribution in [0.4, 0.5) is 17.6 Å². The van der Waals surface area contributed by atoms with Crippen LogP contribution in [-0.4, -0.2) is 15.0 Å². The van der Waals surface area contributed by atoms with Gasteiger partial charge in [-0.05, 0) is 24.6 Å². The van der Waals surface area contributed by atoms with Crippen molar-refractivity contribution in [3.8, 4) is 17.3 Å². The summed E-state index contributed by atoms with van der Waals surface area (Å²) in [4.78, 5) is 24.7. The Morgan fingerprint density at radius 2 is 1.77 bits per heavy atom. The molecular weight excluding hydrogens is 378 g/mol. The van der Waals surface area contributed by atoms with Gasteiger partial charge in [0.25, 0.3) is 0 Å². The Hall–Kier alpha value is -4.38. The Bertz CT molecular complexity index is 1340. The number of nitrogens with two attached hydrogens (primary N) is 2. The maximum absolute atomic E-state index is 13.4. The van der Waals surface area contributed by atoms with Crippen LogP contribution in [0.3, 0.4) is 0 Å². The first-order chi connectivity index (χ1) is 14.5. The molecule has 148 valence electrons. The lowest BCUT2D eigenvalue weighted by molar-refractivity contribution is 0.862. The monoisotopic (exact) mass is 397 g/mol. The largest absolute Gasteiger partial charge is 0.382 e. The molecule has 8 nitrogen and oxygen atoms in total. The number of nitrogens with one attached hydrogen (secondary N) is 2. The SMILES string of the molecule is CC(Nc1nc(N)nc(N)c1C#N)c1c(-c2ccccc2)[nH]c2ccccc2c1=O. The van der Waals surface area contributed by atoms with Crippen molar-refractivity contribution in [1.29, 1.82) is 5.26 Å². The van der Waals surface area contributed by atoms with Gasteiger partial charge in [-0.2, -0.15) is 15.2 Å². The van der Waals surface area contributed by atoms with Crippen LogP contribution in [0.1, 0.15) is 24.1 Å². The van der Waals surface area contributed by atoms with Crippen molar-refractivity contribution < 1.29 is 0 Å². The van der Waals surface area contributed by atoms with Crippen LogP contribution < -0.4 is 22.2 Å². The predicted molar refractivity (Wildman–Crippen MR) is 118 cm³/mol. The molecule has 0 spiro atoms. The molecule has 0 bridgehead atoms. The summed E-state index contributed by atoms with van der Waals surface area (Å²) in [5.41, 5.74) is 14.3. The highest BCUT2D eigenvalue weighted by Gasteiger charge is 2.21. The number of aromatic nitrogens is 3. The highest BCUT2D eigenvalue weighted by molar-refractivity contribution is 5.83. The average molecular weight is 397 g/mol. The minimum Gasteiger partial charge on any atom is -0.382 e. The molecule has 1 unspecified atom stereocenters. The summed E-state index contributed by atoms with van der Waals surface area (Å²) in [7, 11) is 0. The number of rotatable bonds is 4. The van der Waals surface area contributed by atoms with Crippen molar-refractivity contribution in [3.05, 3.63) is 75.9 Å². The second kappa shape index (κ2) is 7.56. The van der Waals surface area contributed by atoms with Crippen LogP contribution in [0.15, 0.2) is 59.4 Å². The van der Waals surface area contributed by atoms with Crippen LogP contribution in [0, 0.1) is 11.3 Å². The van der Waals surface area contributed by atoms with E-state index in [0.29, 0.717) is 16.6 Å². The van der Waals surface area contributed by atoms with Gasteiger partial charge in [-0.15, -0.1) is 0 Å². The molecule has 0 aliphatic carbocycles. The number of nitrogens with zero attached hydrogens (tertiary/aromatic N) is 3. The van der Waals surface area contributed by atoms with Crippen molar-refractivity contribution >= 4 is 28.5 Å². The number of fused-ring (bicyclic) bond motifs is 1. The molecule has 0 amide bonds. The minimum absolute atomic E-state index is 0.0181. The topological polar surface area (TPSA) is 146 Å². The third kappa shape index (κ3) is 3.29. The molecular formula is C22H19N7O. The lowest BCUT2D eigenvalue weighted by Crippen LogP contribution is -2.21. The molecule has 0 saturated heterocycles. The molecule has 0 fully saturated rings. The van der Waals surface area contributed by atoms with E-state index in [-0.39, 0.29) is 28.6 Å². The molecule has 4 rings (SSSR count). The Morgan fingerprint density at radius 1 is 1.07 bits per heavy atom. The fourth-order valence-electron chi connectivity index (χ4n) is 3.48. The molecule has 2 heterocycles. The van der Waals surface area contributed by atoms with Gasteiger partial charge in [-0.3, -0.25) is 4.79 Å². The fourth-order valence-corrected chi connectivity index (χ4v) is 3.48. The van der Waals surface area contributed by atoms with Gasteiger partial charge >= 0.3 is 0 Å². The van der Waals surface area contributed by atoms with E-state index >= 15 is 0 Å². The van der Waals surface area contributed by atoms with Crippen LogP contribution in [-0.2, 0) is 0 Å². The predicted octanol–water partition coefficient (Wildman–Crippen LogP) is 3.19. The van der Waals surface area contributed by atoms with Gasteiger partial charge in [-0.1, -0.05) is 42.5 Å². The number of hydrogen-bond donors (Lipinski definition) is 4. The molecule has 0 aliphatic heterocycles. The lowest BCUT2D eigenvalue weighted by atomic mass is 9.97. The summed E-state index contributed by atoms with van der Waals surface area (Å²) in [6.07, 6.45) is 0. The number of aromatic amines is 1. The summed E-state index contributed by atoms with van der Waals surface area (Å²) >= 11 is 0. The van der Waals surface area contributed by atoms with Gasteiger partial charge in [0.1, 0.15) is 17.5 Å². The maximum atomic E-state index is 13.4. The zero-order valence-electron chi connectivity index (χ0n) is 16.2. The van der Waals surface area contributed by atoms with Gasteiger partial charge in [0.15, 0.2) is 11.2 Å². The van der Waals surface area contributed by atoms with Crippen molar-refractivity contribution in [2.45, 2.75) is 13.0 Å². The van der Waals surface area contributed by atoms with Crippen molar-refractivity contribution in [3.63, 3.8) is 0 Å². The number of nitriles is 1. The number of nitrogen functional groups attached to an aromatic ring is 2. The summed E-state index contributed by atoms with van der Waals surface area (Å²) in [5, 5.41) is 13.1. The zero-order chi connectivity index (χ0) is 21.3. The van der Waals surface area contributed by atoms with Crippen LogP contribution in [0.5, 0.6) is 0 Å². The Kier molecular flexibility index (Phi) is 4.78. The molecule has 2 aromatic heterocycles. The Morgan fingerprint density at radius 3 is 2.50 bits per heavy atom. The van der Waals surface area contributed by atoms with Gasteiger partial charge < -0.3 is 21.8 Å². The molecule has 0 saturated carbocycles. The van der Waals surface area contributed by atoms with E-state index in [9.17, 15) is 10.1 Å². The molecule has 0 aliphatic rings. The second-order valence-electron chi connectivity index (χ2n) is 6.82. The van der Waals surface area contributed by atoms with Crippen LogP contribution in [0.25, 0.3) is 22.2 Å². The third-order valence-electron chi connectivity index (χ3n) is 4.86. The summed E-state index contributed by atoms with van der Waals surface area (Å²) in [5.74, 6) is 0.105. The zero-order valence-corrected chi connectivity index (χ0v) is 16.2. The minimum atomic E-state index is -0.505. The first-order valence-corrected chi connectivity index (χ1v) is 9.29. The number of para-hydroxylation sites is 1. The summed E-state index contributed by atoms with van der Waals surface area (Å²) in [6, 6.07) is 18.4. The van der Waals surface area contributed by atoms with E-state index in [1.54, 1.807) is 6.07 Å². The number of pyridine rings is 1. The summed E-state index contributed by atoms with van der Waals surface area (Å²) in [6.45, 7) is 1.82. The highest BCUT2D eigenvalue weighted by atomic mass is 16.1. The molecule has 0 radical (unpaired) electrons. The number of anilines is 3. The van der Waals surface area contributed by atoms with Crippen molar-refractivity contribution in [2.24, 2.45) is 0 Å². The van der Waals surface area contributed by atoms with Gasteiger partial charge in [-0.25, -0.2) is 0 Å². The van der Waals surface area contributed by atoms with E-state index in [2.05, 4.69) is 20.3 Å². The average Bonchev–Trinajstić information content (AvgIpc) is 2.74. The van der Waals surface area contributed by atoms with E-state index in [4.69, 9.17) is 11.5 Å². The highest BCUT2D eigenvalue weighted by Crippen LogP contribution is 2.29. The fraction of sp³-hybridized carbons (Fsp3) is 0.0909. The third-order valence-corrected chi connectivity index (χ3v) is 4.86. The normalized spacial score (nSPS) is 11.7. The number of benzene rings is 2. The van der Waals surface area contributed by atoms with E-state index < -0.39 is 6.04 Å². The molecule has 8 heteroatoms. The molecule has 30 heavy (non-hydrogen) atoms. The molecule has 2 aromatic carbocycles. The number of H-pyrrole nitrogens is 1. The first-order valence-electron chi connectivity index (χ1n) is 9.29. The molecule has 6 N–H and O–H groups in total. The van der Waals surface area contributed by atoms with Gasteiger partial charge in [0.05, 0.1) is 11.7 Å². The smallest absolute Gasteiger partial charge is 0.224 e. The summed E-state index contributed by atoms with van der Waals surface area (Å²) < 4.78 is 0. The Balaban J connectivity index is 1.91. The van der Waals surface area contributed by atoms with Crippen LogP contribution >= 0.6 is 0 Å². The maximum Gasteiger partial charge on any atom is 0.224 e. The van der Waals surface area contributed by atoms with Gasteiger partial charge in [0.2, 0.25) is 5.95 Å². The van der Waals surface area contributed by atoms with E-state index in [0.717, 1.165) is 11.1 Å². The second-order valence-corrected chi connectivity index (χ2v) is 6.82. The number of hydrogen-bond acceptors (Lipinski definition) is 7. The quantitative estimate of drug-likeness (QED) is 0.413. The first kappa shape index (κ1) is 19.0. The Labute approximate surface area is 172 Å². The van der Waals surface area contributed by atoms with Crippen LogP contribution in [0.2, 0.25) is 0 Å². The molecule has 4 aromatic rings. The van der Waals surface area contributed by atoms with Crippen molar-refractivity contribution in [2.75, 3.05) is 16.8 Å².